The fourth-order valence-corrected chi connectivity index (χ4v) is 1.08. The first-order valence-electron chi connectivity index (χ1n) is 1.81. The Balaban J connectivity index is 2.48. The van der Waals surface area contributed by atoms with Crippen LogP contribution < -0.4 is 9.44 Å². The van der Waals surface area contributed by atoms with E-state index >= 15 is 0 Å². The first kappa shape index (κ1) is 5.28. The maximum atomic E-state index is 5.57. The van der Waals surface area contributed by atoms with Crippen molar-refractivity contribution in [3.05, 3.63) is 12.3 Å². The van der Waals surface area contributed by atoms with Crippen molar-refractivity contribution in [2.24, 2.45) is 0 Å². The summed E-state index contributed by atoms with van der Waals surface area (Å²) >= 11 is 6.93. The highest BCUT2D eigenvalue weighted by Gasteiger charge is 2.13. The van der Waals surface area contributed by atoms with Crippen LogP contribution in [0.5, 0.6) is 0 Å². The van der Waals surface area contributed by atoms with E-state index in [1.807, 2.05) is 0 Å². The Morgan fingerprint density at radius 2 is 2.57 bits per heavy atom. The molecular formula is C3H5ClN2S. The summed E-state index contributed by atoms with van der Waals surface area (Å²) in [5.41, 5.74) is 0.719. The number of rotatable bonds is 0. The molecule has 0 aliphatic carbocycles. The van der Waals surface area contributed by atoms with Gasteiger partial charge in [0.15, 0.2) is 0 Å². The highest BCUT2D eigenvalue weighted by Crippen LogP contribution is 2.13. The molecule has 7 heavy (non-hydrogen) atoms. The van der Waals surface area contributed by atoms with E-state index in [1.165, 1.54) is 12.1 Å². The summed E-state index contributed by atoms with van der Waals surface area (Å²) in [7, 11) is 0. The number of halogens is 1. The Morgan fingerprint density at radius 3 is 2.71 bits per heavy atom. The topological polar surface area (TPSA) is 24.1 Å². The van der Waals surface area contributed by atoms with Gasteiger partial charge in [0.2, 0.25) is 0 Å². The lowest BCUT2D eigenvalue weighted by atomic mass is 10.5. The highest BCUT2D eigenvalue weighted by atomic mass is 35.5. The molecule has 4 heteroatoms. The predicted octanol–water partition coefficient (Wildman–Crippen LogP) is 0.821. The molecule has 1 atom stereocenters. The average Bonchev–Trinajstić information content (AvgIpc) is 1.91. The van der Waals surface area contributed by atoms with Crippen LogP contribution in [0.4, 0.5) is 0 Å². The zero-order valence-corrected chi connectivity index (χ0v) is 5.14. The molecule has 1 aliphatic rings. The van der Waals surface area contributed by atoms with E-state index in [4.69, 9.17) is 11.6 Å². The van der Waals surface area contributed by atoms with Crippen LogP contribution in [0.2, 0.25) is 0 Å². The molecule has 2 nitrogen and oxygen atoms in total. The van der Waals surface area contributed by atoms with Crippen LogP contribution in [0.15, 0.2) is 12.3 Å². The zero-order valence-electron chi connectivity index (χ0n) is 3.57. The molecule has 0 aromatic rings. The third-order valence-electron chi connectivity index (χ3n) is 0.650. The predicted molar refractivity (Wildman–Crippen MR) is 32.6 cm³/mol. The SMILES string of the molecule is C=C1NSNC1Cl. The van der Waals surface area contributed by atoms with Gasteiger partial charge < -0.3 is 4.72 Å². The summed E-state index contributed by atoms with van der Waals surface area (Å²) in [4.78, 5) is 0. The minimum absolute atomic E-state index is 0.106. The summed E-state index contributed by atoms with van der Waals surface area (Å²) in [6.45, 7) is 3.61. The van der Waals surface area contributed by atoms with Crippen LogP contribution in [-0.4, -0.2) is 5.50 Å². The number of hydrogen-bond donors (Lipinski definition) is 2. The Morgan fingerprint density at radius 1 is 1.86 bits per heavy atom. The minimum atomic E-state index is -0.106. The van der Waals surface area contributed by atoms with Crippen LogP contribution in [0, 0.1) is 0 Å². The van der Waals surface area contributed by atoms with Crippen molar-refractivity contribution >= 4 is 23.7 Å². The normalized spacial score (nSPS) is 30.4. The van der Waals surface area contributed by atoms with E-state index in [2.05, 4.69) is 16.0 Å². The van der Waals surface area contributed by atoms with Crippen LogP contribution in [-0.2, 0) is 0 Å². The molecule has 0 amide bonds. The number of nitrogens with one attached hydrogen (secondary N) is 2. The van der Waals surface area contributed by atoms with Gasteiger partial charge in [-0.15, -0.1) is 0 Å². The summed E-state index contributed by atoms with van der Waals surface area (Å²) < 4.78 is 5.69. The highest BCUT2D eigenvalue weighted by molar-refractivity contribution is 7.96. The quantitative estimate of drug-likeness (QED) is 0.293. The smallest absolute Gasteiger partial charge is 0.133 e. The van der Waals surface area contributed by atoms with Crippen molar-refractivity contribution in [2.75, 3.05) is 0 Å². The molecule has 1 aliphatic heterocycles. The van der Waals surface area contributed by atoms with Gasteiger partial charge in [0.1, 0.15) is 5.50 Å². The molecule has 2 N–H and O–H groups in total. The van der Waals surface area contributed by atoms with Gasteiger partial charge in [-0.3, -0.25) is 0 Å². The summed E-state index contributed by atoms with van der Waals surface area (Å²) in [6.07, 6.45) is 0. The lowest BCUT2D eigenvalue weighted by molar-refractivity contribution is 0.990. The van der Waals surface area contributed by atoms with Crippen LogP contribution >= 0.6 is 23.7 Å². The lowest BCUT2D eigenvalue weighted by Gasteiger charge is -1.92. The zero-order chi connectivity index (χ0) is 5.28. The Hall–Kier alpha value is 0.140. The molecule has 0 spiro atoms. The maximum absolute atomic E-state index is 5.57. The minimum Gasteiger partial charge on any atom is -0.318 e. The molecule has 1 unspecified atom stereocenters. The molecule has 0 aromatic carbocycles. The molecule has 1 fully saturated rings. The standard InChI is InChI=1S/C3H5ClN2S/c1-2-3(4)6-7-5-2/h3,5-6H,1H2. The molecule has 1 heterocycles. The van der Waals surface area contributed by atoms with Gasteiger partial charge in [-0.05, 0) is 0 Å². The van der Waals surface area contributed by atoms with Crippen molar-refractivity contribution in [1.29, 1.82) is 0 Å². The largest absolute Gasteiger partial charge is 0.318 e. The van der Waals surface area contributed by atoms with Gasteiger partial charge in [0, 0.05) is 17.8 Å². The number of hydrogen-bond acceptors (Lipinski definition) is 3. The van der Waals surface area contributed by atoms with Crippen molar-refractivity contribution in [2.45, 2.75) is 5.50 Å². The fraction of sp³-hybridized carbons (Fsp3) is 0.333. The van der Waals surface area contributed by atoms with Crippen molar-refractivity contribution < 1.29 is 0 Å². The molecular weight excluding hydrogens is 132 g/mol. The summed E-state index contributed by atoms with van der Waals surface area (Å²) in [5, 5.41) is 0. The van der Waals surface area contributed by atoms with E-state index in [0.29, 0.717) is 0 Å². The van der Waals surface area contributed by atoms with Gasteiger partial charge in [-0.1, -0.05) is 18.2 Å². The second-order valence-electron chi connectivity index (χ2n) is 1.21. The van der Waals surface area contributed by atoms with E-state index in [9.17, 15) is 0 Å². The first-order chi connectivity index (χ1) is 3.30. The maximum Gasteiger partial charge on any atom is 0.133 e. The third-order valence-corrected chi connectivity index (χ3v) is 1.87. The van der Waals surface area contributed by atoms with Crippen molar-refractivity contribution in [3.63, 3.8) is 0 Å². The van der Waals surface area contributed by atoms with E-state index in [1.54, 1.807) is 0 Å². The van der Waals surface area contributed by atoms with Gasteiger partial charge in [0.25, 0.3) is 0 Å². The summed E-state index contributed by atoms with van der Waals surface area (Å²) in [5.74, 6) is 0. The lowest BCUT2D eigenvalue weighted by Crippen LogP contribution is -2.09. The van der Waals surface area contributed by atoms with Gasteiger partial charge in [-0.2, -0.15) is 0 Å². The van der Waals surface area contributed by atoms with Crippen LogP contribution in [0.25, 0.3) is 0 Å². The first-order valence-corrected chi connectivity index (χ1v) is 3.06. The van der Waals surface area contributed by atoms with Gasteiger partial charge in [0.05, 0.1) is 0 Å². The third kappa shape index (κ3) is 1.02. The average molecular weight is 137 g/mol. The van der Waals surface area contributed by atoms with E-state index < -0.39 is 0 Å². The van der Waals surface area contributed by atoms with E-state index in [-0.39, 0.29) is 5.50 Å². The molecule has 1 rings (SSSR count). The Bertz CT molecular complexity index is 94.9. The van der Waals surface area contributed by atoms with Gasteiger partial charge >= 0.3 is 0 Å². The van der Waals surface area contributed by atoms with Crippen LogP contribution in [0.3, 0.4) is 0 Å². The summed E-state index contributed by atoms with van der Waals surface area (Å²) in [6, 6.07) is 0. The van der Waals surface area contributed by atoms with Crippen molar-refractivity contribution in [1.82, 2.24) is 9.44 Å². The monoisotopic (exact) mass is 136 g/mol. The second-order valence-corrected chi connectivity index (χ2v) is 2.29. The second kappa shape index (κ2) is 1.94. The van der Waals surface area contributed by atoms with E-state index in [0.717, 1.165) is 5.70 Å². The molecule has 40 valence electrons. The fourth-order valence-electron chi connectivity index (χ4n) is 0.270. The van der Waals surface area contributed by atoms with Gasteiger partial charge in [-0.25, -0.2) is 4.72 Å². The molecule has 0 aromatic heterocycles. The van der Waals surface area contributed by atoms with Crippen molar-refractivity contribution in [3.8, 4) is 0 Å². The Labute approximate surface area is 51.6 Å². The Kier molecular flexibility index (Phi) is 1.46. The molecule has 0 radical (unpaired) electrons. The number of alkyl halides is 1. The molecule has 0 bridgehead atoms. The molecule has 0 saturated carbocycles. The molecule has 1 saturated heterocycles. The van der Waals surface area contributed by atoms with Crippen LogP contribution in [0.1, 0.15) is 0 Å².